The summed E-state index contributed by atoms with van der Waals surface area (Å²) in [4.78, 5) is 78.4. The standard InChI is InChI=1S/C39H56N10O16S2/c1-16-18(13-50)7-24(30(58)28(16)56)64-31(23(54)14-51)29(57)22(53)10-42-5-6-43-25(55)8-17-11-48(47(4)32(17)40)12-19-15-66-35-20(34(59)49(35)27(19)36(60)61)9-21(52)26(33-44-38(41)67-46-33)45-65-39(2,3)37(62)63/h10-11,16,18,20,22-24,28-31,35,40,50-51,53-54,56-58H,5-9,12-15H2,1-4H3,(H5,41,43,44,46,55,60,61,62,63)/p+1/b42-10?,45-26+/t16?,18?,20-,22?,23?,24?,28?,29?,30?,31?,35?/m1/s1. The van der Waals surface area contributed by atoms with Gasteiger partial charge in [0.25, 0.3) is 0 Å². The SMILES string of the molecule is CC1C(CO)CC(OC(C(O)CO)C(O)C(O)C=NCCNC(=O)Cc2c[n+](CC3=C(C(=O)O)N4C(=O)[C@@H](CC(=O)/C(=N\OC(C)(C)C(=O)O)c5nsc(N)n5)C4SC3)n(C)c2N)C(O)C1O. The second kappa shape index (κ2) is 22.3. The number of aliphatic carboxylic acids is 2. The lowest BCUT2D eigenvalue weighted by atomic mass is 9.75. The lowest BCUT2D eigenvalue weighted by Gasteiger charge is -2.49. The van der Waals surface area contributed by atoms with Crippen molar-refractivity contribution in [2.75, 3.05) is 43.5 Å². The summed E-state index contributed by atoms with van der Waals surface area (Å²) in [6.45, 7) is 2.73. The van der Waals surface area contributed by atoms with Crippen molar-refractivity contribution in [2.45, 2.75) is 100 Å². The Bertz CT molecular complexity index is 2250. The van der Waals surface area contributed by atoms with Crippen LogP contribution < -0.4 is 21.5 Å². The number of β-lactam (4-membered cyclic amide) rings is 1. The summed E-state index contributed by atoms with van der Waals surface area (Å²) in [5, 5.41) is 97.4. The van der Waals surface area contributed by atoms with Crippen LogP contribution in [0.25, 0.3) is 0 Å². The Morgan fingerprint density at radius 2 is 1.84 bits per heavy atom. The summed E-state index contributed by atoms with van der Waals surface area (Å²) in [6.07, 6.45) is -8.87. The van der Waals surface area contributed by atoms with Gasteiger partial charge >= 0.3 is 11.9 Å². The third kappa shape index (κ3) is 11.9. The van der Waals surface area contributed by atoms with E-state index in [2.05, 4.69) is 24.8 Å². The summed E-state index contributed by atoms with van der Waals surface area (Å²) in [5.41, 5.74) is 10.2. The molecule has 2 amide bonds. The number of carbonyl (C=O) groups is 5. The average Bonchev–Trinajstić information content (AvgIpc) is 3.83. The van der Waals surface area contributed by atoms with Crippen molar-refractivity contribution < 1.29 is 84.2 Å². The van der Waals surface area contributed by atoms with Gasteiger partial charge in [-0.05, 0) is 32.1 Å². The first-order valence-electron chi connectivity index (χ1n) is 20.9. The number of oxime groups is 1. The van der Waals surface area contributed by atoms with Gasteiger partial charge in [-0.3, -0.25) is 24.3 Å². The van der Waals surface area contributed by atoms with Gasteiger partial charge in [0, 0.05) is 48.6 Å². The van der Waals surface area contributed by atoms with E-state index in [0.717, 1.165) is 22.6 Å². The maximum absolute atomic E-state index is 13.5. The van der Waals surface area contributed by atoms with Crippen LogP contribution in [0, 0.1) is 17.8 Å². The number of nitrogen functional groups attached to an aromatic ring is 2. The number of ketones is 1. The largest absolute Gasteiger partial charge is 0.478 e. The number of rotatable bonds is 23. The molecule has 14 N–H and O–H groups in total. The lowest BCUT2D eigenvalue weighted by molar-refractivity contribution is -0.765. The molecular weight excluding hydrogens is 929 g/mol. The van der Waals surface area contributed by atoms with Gasteiger partial charge in [-0.1, -0.05) is 12.1 Å². The highest BCUT2D eigenvalue weighted by Crippen LogP contribution is 2.45. The van der Waals surface area contributed by atoms with E-state index in [1.54, 1.807) is 24.9 Å². The van der Waals surface area contributed by atoms with Crippen molar-refractivity contribution in [1.29, 1.82) is 0 Å². The van der Waals surface area contributed by atoms with Gasteiger partial charge in [0.2, 0.25) is 29.4 Å². The summed E-state index contributed by atoms with van der Waals surface area (Å²) in [5.74, 6) is -6.47. The third-order valence-electron chi connectivity index (χ3n) is 11.8. The maximum Gasteiger partial charge on any atom is 0.352 e. The zero-order chi connectivity index (χ0) is 49.7. The maximum atomic E-state index is 13.5. The quantitative estimate of drug-likeness (QED) is 0.0164. The van der Waals surface area contributed by atoms with Crippen molar-refractivity contribution in [3.8, 4) is 0 Å². The predicted octanol–water partition coefficient (Wildman–Crippen LogP) is -4.63. The van der Waals surface area contributed by atoms with Crippen molar-refractivity contribution in [3.05, 3.63) is 28.9 Å². The van der Waals surface area contributed by atoms with Crippen LogP contribution in [0.15, 0.2) is 27.6 Å². The lowest BCUT2D eigenvalue weighted by Crippen LogP contribution is -2.62. The molecule has 0 bridgehead atoms. The fraction of sp³-hybridized carbons (Fsp3) is 0.641. The van der Waals surface area contributed by atoms with E-state index in [0.29, 0.717) is 11.1 Å². The number of carboxylic acid groups (broad SMARTS) is 2. The summed E-state index contributed by atoms with van der Waals surface area (Å²) in [7, 11) is 1.59. The summed E-state index contributed by atoms with van der Waals surface area (Å²) < 4.78 is 12.7. The Balaban J connectivity index is 1.17. The van der Waals surface area contributed by atoms with Gasteiger partial charge < -0.3 is 72.3 Å². The number of carboxylic acids is 2. The normalized spacial score (nSPS) is 25.3. The number of aromatic nitrogens is 4. The predicted molar refractivity (Wildman–Crippen MR) is 235 cm³/mol. The van der Waals surface area contributed by atoms with Crippen LogP contribution in [0.1, 0.15) is 45.0 Å². The van der Waals surface area contributed by atoms with Crippen LogP contribution in [0.3, 0.4) is 0 Å². The number of aliphatic hydroxyl groups excluding tert-OH is 7. The molecule has 2 aromatic rings. The number of Topliss-reactive ketones (excluding diaryl/α,β-unsaturated/α-hetero) is 1. The van der Waals surface area contributed by atoms with Gasteiger partial charge in [-0.2, -0.15) is 9.36 Å². The first-order chi connectivity index (χ1) is 31.5. The van der Waals surface area contributed by atoms with E-state index in [4.69, 9.17) is 21.0 Å². The van der Waals surface area contributed by atoms with Crippen molar-refractivity contribution in [2.24, 2.45) is 34.9 Å². The molecule has 1 saturated heterocycles. The monoisotopic (exact) mass is 985 g/mol. The molecule has 2 aromatic heterocycles. The molecule has 0 aromatic carbocycles. The molecule has 370 valence electrons. The minimum absolute atomic E-state index is 0.00890. The molecule has 3 aliphatic rings. The molecule has 2 aliphatic heterocycles. The molecule has 2 fully saturated rings. The second-order valence-electron chi connectivity index (χ2n) is 16.8. The van der Waals surface area contributed by atoms with Crippen molar-refractivity contribution in [1.82, 2.24) is 24.3 Å². The molecule has 11 atom stereocenters. The molecule has 0 radical (unpaired) electrons. The number of hydrogen-bond acceptors (Lipinski definition) is 22. The van der Waals surface area contributed by atoms with E-state index in [-0.39, 0.29) is 67.3 Å². The Morgan fingerprint density at radius 1 is 1.13 bits per heavy atom. The van der Waals surface area contributed by atoms with Crippen LogP contribution in [0.5, 0.6) is 0 Å². The topological polar surface area (TPSA) is 412 Å². The molecule has 10 unspecified atom stereocenters. The number of fused-ring (bicyclic) bond motifs is 1. The van der Waals surface area contributed by atoms with Crippen LogP contribution in [0.4, 0.5) is 10.9 Å². The molecule has 1 saturated carbocycles. The zero-order valence-electron chi connectivity index (χ0n) is 36.9. The number of amides is 2. The fourth-order valence-electron chi connectivity index (χ4n) is 7.65. The highest BCUT2D eigenvalue weighted by molar-refractivity contribution is 8.00. The Morgan fingerprint density at radius 3 is 2.45 bits per heavy atom. The number of thioether (sulfide) groups is 1. The van der Waals surface area contributed by atoms with Gasteiger partial charge in [0.05, 0.1) is 55.7 Å². The molecule has 28 heteroatoms. The molecule has 0 spiro atoms. The fourth-order valence-corrected chi connectivity index (χ4v) is 9.49. The average molecular weight is 986 g/mol. The van der Waals surface area contributed by atoms with Crippen LogP contribution in [-0.4, -0.2) is 192 Å². The molecular formula is C39H57N10O16S2+. The Labute approximate surface area is 390 Å². The van der Waals surface area contributed by atoms with E-state index in [9.17, 15) is 69.9 Å². The second-order valence-corrected chi connectivity index (χ2v) is 18.7. The van der Waals surface area contributed by atoms with Gasteiger partial charge in [-0.15, -0.1) is 21.1 Å². The van der Waals surface area contributed by atoms with Crippen LogP contribution in [-0.2, 0) is 53.6 Å². The Kier molecular flexibility index (Phi) is 17.6. The summed E-state index contributed by atoms with van der Waals surface area (Å²) >= 11 is 1.98. The zero-order valence-corrected chi connectivity index (χ0v) is 38.5. The molecule has 67 heavy (non-hydrogen) atoms. The van der Waals surface area contributed by atoms with Crippen molar-refractivity contribution in [3.63, 3.8) is 0 Å². The molecule has 5 rings (SSSR count). The minimum Gasteiger partial charge on any atom is -0.478 e. The smallest absolute Gasteiger partial charge is 0.352 e. The number of hydrogen-bond donors (Lipinski definition) is 12. The number of nitrogens with one attached hydrogen (secondary N) is 1. The molecule has 1 aliphatic carbocycles. The van der Waals surface area contributed by atoms with E-state index in [1.807, 2.05) is 0 Å². The first kappa shape index (κ1) is 52.8. The Hall–Kier alpha value is -5.17. The van der Waals surface area contributed by atoms with E-state index in [1.165, 1.54) is 30.3 Å². The molecule has 26 nitrogen and oxygen atoms in total. The number of aliphatic hydroxyl groups is 7. The van der Waals surface area contributed by atoms with Gasteiger partial charge in [-0.25, -0.2) is 9.59 Å². The van der Waals surface area contributed by atoms with Gasteiger partial charge in [0.1, 0.15) is 36.2 Å². The van der Waals surface area contributed by atoms with Crippen LogP contribution in [0.2, 0.25) is 0 Å². The number of aliphatic imine (C=N–C) groups is 1. The highest BCUT2D eigenvalue weighted by atomic mass is 32.2. The number of nitrogens with two attached hydrogens (primary N) is 2. The number of ether oxygens (including phenoxy) is 1. The number of anilines is 2. The van der Waals surface area contributed by atoms with E-state index < -0.39 is 120 Å². The van der Waals surface area contributed by atoms with Crippen molar-refractivity contribution >= 4 is 75.7 Å². The minimum atomic E-state index is -1.85. The van der Waals surface area contributed by atoms with Gasteiger partial charge in [0.15, 0.2) is 29.0 Å². The molecule has 4 heterocycles. The highest BCUT2D eigenvalue weighted by Gasteiger charge is 2.55. The van der Waals surface area contributed by atoms with E-state index >= 15 is 0 Å². The first-order valence-corrected chi connectivity index (χ1v) is 22.7. The summed E-state index contributed by atoms with van der Waals surface area (Å²) in [6, 6.07) is 0. The third-order valence-corrected chi connectivity index (χ3v) is 13.8. The number of carbonyl (C=O) groups excluding carboxylic acids is 3. The number of nitrogens with zero attached hydrogens (tertiary/aromatic N) is 7. The van der Waals surface area contributed by atoms with Crippen LogP contribution >= 0.6 is 23.3 Å².